The number of halogens is 1. The standard InChI is InChI=1S/C33H32FNO6/c1-33(2,37)14-4-5-20-6-7-21(18-35)29(15-20)41-27-13-11-26(34)32-25(27)10-12-28(32)40-23-8-9-24-22(16-31(36)38-3)19-39-30(24)17-23/h6-9,11,13,15-17,28,37H,4-5,10,12,14,19H2,1-3H3. The first-order valence-corrected chi connectivity index (χ1v) is 13.6. The van der Waals surface area contributed by atoms with Gasteiger partial charge in [-0.1, -0.05) is 6.07 Å². The average molecular weight is 558 g/mol. The molecule has 7 nitrogen and oxygen atoms in total. The Kier molecular flexibility index (Phi) is 8.00. The van der Waals surface area contributed by atoms with Gasteiger partial charge in [-0.2, -0.15) is 5.26 Å². The van der Waals surface area contributed by atoms with E-state index >= 15 is 4.39 Å². The number of carbonyl (C=O) groups is 1. The molecule has 1 unspecified atom stereocenters. The molecule has 1 N–H and O–H groups in total. The third-order valence-corrected chi connectivity index (χ3v) is 7.33. The Bertz CT molecular complexity index is 1550. The zero-order valence-corrected chi connectivity index (χ0v) is 23.3. The van der Waals surface area contributed by atoms with Crippen LogP contribution in [0.3, 0.4) is 0 Å². The van der Waals surface area contributed by atoms with Crippen LogP contribution < -0.4 is 14.2 Å². The predicted molar refractivity (Wildman–Crippen MR) is 150 cm³/mol. The number of nitriles is 1. The number of methoxy groups -OCH3 is 1. The van der Waals surface area contributed by atoms with Crippen molar-refractivity contribution in [2.45, 2.75) is 57.7 Å². The smallest absolute Gasteiger partial charge is 0.330 e. The van der Waals surface area contributed by atoms with E-state index in [1.165, 1.54) is 19.3 Å². The molecule has 3 aromatic carbocycles. The van der Waals surface area contributed by atoms with Gasteiger partial charge in [0.15, 0.2) is 0 Å². The molecule has 0 spiro atoms. The Hall–Kier alpha value is -4.35. The lowest BCUT2D eigenvalue weighted by Crippen LogP contribution is -2.18. The highest BCUT2D eigenvalue weighted by atomic mass is 19.1. The predicted octanol–water partition coefficient (Wildman–Crippen LogP) is 6.60. The molecule has 0 bridgehead atoms. The van der Waals surface area contributed by atoms with Crippen molar-refractivity contribution in [2.24, 2.45) is 0 Å². The second-order valence-electron chi connectivity index (χ2n) is 10.9. The van der Waals surface area contributed by atoms with Gasteiger partial charge < -0.3 is 24.1 Å². The van der Waals surface area contributed by atoms with E-state index in [0.717, 1.165) is 29.5 Å². The Balaban J connectivity index is 1.35. The van der Waals surface area contributed by atoms with Gasteiger partial charge in [0, 0.05) is 34.4 Å². The maximum atomic E-state index is 15.1. The minimum atomic E-state index is -0.740. The molecule has 2 aliphatic rings. The van der Waals surface area contributed by atoms with Crippen molar-refractivity contribution >= 4 is 11.5 Å². The van der Waals surface area contributed by atoms with E-state index in [1.807, 2.05) is 18.2 Å². The van der Waals surface area contributed by atoms with Crippen LogP contribution in [0.1, 0.15) is 67.0 Å². The molecule has 3 aromatic rings. The zero-order chi connectivity index (χ0) is 29.1. The van der Waals surface area contributed by atoms with Crippen LogP contribution in [0.4, 0.5) is 4.39 Å². The monoisotopic (exact) mass is 557 g/mol. The van der Waals surface area contributed by atoms with E-state index in [-0.39, 0.29) is 12.4 Å². The Morgan fingerprint density at radius 3 is 2.78 bits per heavy atom. The van der Waals surface area contributed by atoms with Crippen LogP contribution in [0.25, 0.3) is 5.57 Å². The number of benzene rings is 3. The van der Waals surface area contributed by atoms with Crippen molar-refractivity contribution in [1.29, 1.82) is 5.26 Å². The summed E-state index contributed by atoms with van der Waals surface area (Å²) in [6.45, 7) is 3.82. The molecule has 1 aliphatic heterocycles. The molecule has 1 atom stereocenters. The van der Waals surface area contributed by atoms with Crippen LogP contribution in [-0.4, -0.2) is 30.4 Å². The number of esters is 1. The summed E-state index contributed by atoms with van der Waals surface area (Å²) in [7, 11) is 1.32. The van der Waals surface area contributed by atoms with Crippen molar-refractivity contribution in [2.75, 3.05) is 13.7 Å². The lowest BCUT2D eigenvalue weighted by molar-refractivity contribution is -0.134. The number of fused-ring (bicyclic) bond motifs is 2. The summed E-state index contributed by atoms with van der Waals surface area (Å²) >= 11 is 0. The molecule has 41 heavy (non-hydrogen) atoms. The fraction of sp³-hybridized carbons (Fsp3) is 0.333. The third kappa shape index (κ3) is 6.36. The van der Waals surface area contributed by atoms with E-state index in [0.29, 0.717) is 59.0 Å². The molecule has 1 aliphatic carbocycles. The highest BCUT2D eigenvalue weighted by Gasteiger charge is 2.31. The van der Waals surface area contributed by atoms with Crippen LogP contribution in [0, 0.1) is 17.1 Å². The summed E-state index contributed by atoms with van der Waals surface area (Å²) < 4.78 is 38.1. The summed E-state index contributed by atoms with van der Waals surface area (Å²) in [5.41, 5.74) is 3.30. The van der Waals surface area contributed by atoms with E-state index < -0.39 is 17.7 Å². The zero-order valence-electron chi connectivity index (χ0n) is 23.3. The van der Waals surface area contributed by atoms with Crippen LogP contribution >= 0.6 is 0 Å². The molecular formula is C33H32FNO6. The van der Waals surface area contributed by atoms with Gasteiger partial charge in [0.25, 0.3) is 0 Å². The maximum Gasteiger partial charge on any atom is 0.330 e. The van der Waals surface area contributed by atoms with Crippen molar-refractivity contribution in [3.8, 4) is 29.1 Å². The van der Waals surface area contributed by atoms with E-state index in [4.69, 9.17) is 18.9 Å². The lowest BCUT2D eigenvalue weighted by atomic mass is 9.98. The quantitative estimate of drug-likeness (QED) is 0.234. The molecule has 5 rings (SSSR count). The van der Waals surface area contributed by atoms with Gasteiger partial charge in [0.05, 0.1) is 18.3 Å². The van der Waals surface area contributed by atoms with Crippen molar-refractivity contribution < 1.29 is 33.2 Å². The number of rotatable bonds is 9. The molecule has 0 fully saturated rings. The number of carbonyl (C=O) groups excluding carboxylic acids is 1. The van der Waals surface area contributed by atoms with E-state index in [1.54, 1.807) is 38.1 Å². The largest absolute Gasteiger partial charge is 0.488 e. The molecule has 0 radical (unpaired) electrons. The van der Waals surface area contributed by atoms with Crippen molar-refractivity contribution in [3.63, 3.8) is 0 Å². The summed E-state index contributed by atoms with van der Waals surface area (Å²) in [4.78, 5) is 11.6. The van der Waals surface area contributed by atoms with Crippen molar-refractivity contribution in [3.05, 3.63) is 88.2 Å². The van der Waals surface area contributed by atoms with E-state index in [9.17, 15) is 15.2 Å². The average Bonchev–Trinajstić information content (AvgIpc) is 3.54. The normalized spacial score (nSPS) is 16.5. The van der Waals surface area contributed by atoms with E-state index in [2.05, 4.69) is 6.07 Å². The highest BCUT2D eigenvalue weighted by Crippen LogP contribution is 2.44. The maximum absolute atomic E-state index is 15.1. The number of hydrogen-bond acceptors (Lipinski definition) is 7. The van der Waals surface area contributed by atoms with Gasteiger partial charge in [-0.05, 0) is 87.9 Å². The van der Waals surface area contributed by atoms with Crippen LogP contribution in [0.15, 0.2) is 54.6 Å². The van der Waals surface area contributed by atoms with Gasteiger partial charge in [0.1, 0.15) is 47.6 Å². The second-order valence-corrected chi connectivity index (χ2v) is 10.9. The summed E-state index contributed by atoms with van der Waals surface area (Å²) in [5.74, 6) is 1.19. The first-order valence-electron chi connectivity index (χ1n) is 13.6. The Labute approximate surface area is 238 Å². The second kappa shape index (κ2) is 11.6. The first kappa shape index (κ1) is 28.2. The summed E-state index contributed by atoms with van der Waals surface area (Å²) in [6.07, 6.45) is 4.15. The topological polar surface area (TPSA) is 98.0 Å². The SMILES string of the molecule is COC(=O)C=C1COc2cc(OC3CCc4c(Oc5cc(CCCC(C)(C)O)ccc5C#N)ccc(F)c43)ccc21. The molecular weight excluding hydrogens is 525 g/mol. The fourth-order valence-corrected chi connectivity index (χ4v) is 5.28. The molecule has 0 saturated carbocycles. The molecule has 0 aromatic heterocycles. The van der Waals surface area contributed by atoms with Gasteiger partial charge in [0.2, 0.25) is 0 Å². The first-order chi connectivity index (χ1) is 19.6. The molecule has 0 saturated heterocycles. The molecule has 1 heterocycles. The lowest BCUT2D eigenvalue weighted by Gasteiger charge is -2.18. The molecule has 0 amide bonds. The molecule has 8 heteroatoms. The van der Waals surface area contributed by atoms with Gasteiger partial charge in [-0.3, -0.25) is 0 Å². The number of aryl methyl sites for hydroxylation is 1. The number of aliphatic hydroxyl groups is 1. The minimum absolute atomic E-state index is 0.251. The van der Waals surface area contributed by atoms with Crippen LogP contribution in [-0.2, 0) is 22.4 Å². The fourth-order valence-electron chi connectivity index (χ4n) is 5.28. The Morgan fingerprint density at radius 1 is 1.20 bits per heavy atom. The van der Waals surface area contributed by atoms with Crippen LogP contribution in [0.2, 0.25) is 0 Å². The molecule has 212 valence electrons. The van der Waals surface area contributed by atoms with Crippen molar-refractivity contribution in [1.82, 2.24) is 0 Å². The van der Waals surface area contributed by atoms with Gasteiger partial charge in [-0.15, -0.1) is 0 Å². The van der Waals surface area contributed by atoms with Crippen LogP contribution in [0.5, 0.6) is 23.0 Å². The third-order valence-electron chi connectivity index (χ3n) is 7.33. The van der Waals surface area contributed by atoms with Gasteiger partial charge in [-0.25, -0.2) is 9.18 Å². The number of nitrogens with zero attached hydrogens (tertiary/aromatic N) is 1. The van der Waals surface area contributed by atoms with Gasteiger partial charge >= 0.3 is 5.97 Å². The summed E-state index contributed by atoms with van der Waals surface area (Å²) in [5, 5.41) is 19.7. The number of ether oxygens (including phenoxy) is 4. The minimum Gasteiger partial charge on any atom is -0.488 e. The Morgan fingerprint density at radius 2 is 2.02 bits per heavy atom. The highest BCUT2D eigenvalue weighted by molar-refractivity contribution is 5.93. The summed E-state index contributed by atoms with van der Waals surface area (Å²) in [6, 6.07) is 15.9. The number of hydrogen-bond donors (Lipinski definition) is 1.